The van der Waals surface area contributed by atoms with Crippen molar-refractivity contribution in [2.75, 3.05) is 52.2 Å². The molecule has 1 amide bonds. The van der Waals surface area contributed by atoms with Gasteiger partial charge in [0.1, 0.15) is 28.3 Å². The van der Waals surface area contributed by atoms with Gasteiger partial charge in [-0.3, -0.25) is 9.18 Å². The van der Waals surface area contributed by atoms with Crippen molar-refractivity contribution in [1.29, 1.82) is 10.7 Å². The van der Waals surface area contributed by atoms with Gasteiger partial charge in [-0.1, -0.05) is 171 Å². The lowest BCUT2D eigenvalue weighted by molar-refractivity contribution is -0.136. The molecule has 20 heteroatoms. The van der Waals surface area contributed by atoms with Crippen LogP contribution in [0.1, 0.15) is 353 Å². The van der Waals surface area contributed by atoms with Crippen molar-refractivity contribution in [2.24, 2.45) is 87.3 Å². The summed E-state index contributed by atoms with van der Waals surface area (Å²) in [5, 5.41) is 31.8. The Morgan fingerprint density at radius 3 is 1.48 bits per heavy atom. The number of sulfone groups is 1. The van der Waals surface area contributed by atoms with Gasteiger partial charge < -0.3 is 37.9 Å². The normalized spacial score (nSPS) is 18.3. The second-order valence-electron chi connectivity index (χ2n) is 39.7. The van der Waals surface area contributed by atoms with Gasteiger partial charge in [-0.2, -0.15) is 5.26 Å². The summed E-state index contributed by atoms with van der Waals surface area (Å²) in [6.45, 7) is 63.2. The smallest absolute Gasteiger partial charge is 0.219 e. The predicted molar refractivity (Wildman–Crippen MR) is 481 cm³/mol. The van der Waals surface area contributed by atoms with Crippen molar-refractivity contribution in [3.05, 3.63) is 67.1 Å². The zero-order chi connectivity index (χ0) is 87.5. The molecule has 4 aliphatic carbocycles. The average molecular weight is 1640 g/mol. The lowest BCUT2D eigenvalue weighted by Crippen LogP contribution is -2.50. The fraction of sp³-hybridized carbons (Fsp3) is 0.853. The van der Waals surface area contributed by atoms with E-state index < -0.39 is 9.84 Å². The third-order valence-electron chi connectivity index (χ3n) is 20.8. The summed E-state index contributed by atoms with van der Waals surface area (Å²) in [7, 11) is -0.981. The molecule has 11 rings (SSSR count). The first kappa shape index (κ1) is 110. The van der Waals surface area contributed by atoms with E-state index in [2.05, 4.69) is 195 Å². The van der Waals surface area contributed by atoms with Crippen LogP contribution < -0.4 is 0 Å². The van der Waals surface area contributed by atoms with Gasteiger partial charge in [0.25, 0.3) is 0 Å². The summed E-state index contributed by atoms with van der Waals surface area (Å²) in [4.78, 5) is 16.9. The van der Waals surface area contributed by atoms with E-state index in [1.807, 2.05) is 42.6 Å². The van der Waals surface area contributed by atoms with Gasteiger partial charge in [0.05, 0.1) is 61.2 Å². The van der Waals surface area contributed by atoms with Crippen molar-refractivity contribution in [3.63, 3.8) is 0 Å². The Labute approximate surface area is 706 Å². The minimum Gasteiger partial charge on any atom is -0.472 e. The van der Waals surface area contributed by atoms with Crippen molar-refractivity contribution < 1.29 is 42.1 Å². The highest BCUT2D eigenvalue weighted by Gasteiger charge is 2.46. The van der Waals surface area contributed by atoms with E-state index >= 15 is 0 Å². The first-order valence-electron chi connectivity index (χ1n) is 45.1. The molecule has 3 atom stereocenters. The van der Waals surface area contributed by atoms with Gasteiger partial charge >= 0.3 is 0 Å². The first-order valence-corrected chi connectivity index (χ1v) is 47.2. The summed E-state index contributed by atoms with van der Waals surface area (Å²) in [6.07, 6.45) is 45.4. The Bertz CT molecular complexity index is 3090. The Balaban J connectivity index is 0. The number of methoxy groups -OCH3 is 1. The molecule has 7 aliphatic rings. The number of hydrogen-bond donors (Lipinski definition) is 1. The van der Waals surface area contributed by atoms with Crippen LogP contribution in [0.15, 0.2) is 58.6 Å². The Morgan fingerprint density at radius 1 is 0.643 bits per heavy atom. The van der Waals surface area contributed by atoms with Crippen LogP contribution in [0.3, 0.4) is 0 Å². The highest BCUT2D eigenvalue weighted by Crippen LogP contribution is 2.54. The largest absolute Gasteiger partial charge is 0.472 e. The Hall–Kier alpha value is -4.84. The number of nitrogens with one attached hydrogen (secondary N) is 1. The van der Waals surface area contributed by atoms with Crippen molar-refractivity contribution in [3.8, 4) is 6.07 Å². The number of hydrogen-bond acceptors (Lipinski definition) is 15. The number of likely N-dealkylation sites (tertiary alicyclic amines) is 1. The molecule has 0 radical (unpaired) electrons. The molecule has 0 spiro atoms. The molecule has 4 aromatic rings. The van der Waals surface area contributed by atoms with Crippen LogP contribution in [0, 0.1) is 104 Å². The zero-order valence-corrected chi connectivity index (χ0v) is 80.0. The van der Waals surface area contributed by atoms with Crippen molar-refractivity contribution in [2.45, 2.75) is 384 Å². The number of nitrogens with zero attached hydrogens (tertiary/aromatic N) is 9. The van der Waals surface area contributed by atoms with E-state index in [9.17, 15) is 17.6 Å². The van der Waals surface area contributed by atoms with Crippen LogP contribution >= 0.6 is 0 Å². The van der Waals surface area contributed by atoms with Crippen LogP contribution in [0.4, 0.5) is 4.39 Å². The lowest BCUT2D eigenvalue weighted by Gasteiger charge is -2.41. The quantitative estimate of drug-likeness (QED) is 0.0448. The molecule has 18 nitrogen and oxygen atoms in total. The number of carbonyl (C=O) groups excluding carboxylic acids is 1. The summed E-state index contributed by atoms with van der Waals surface area (Å²) in [6, 6.07) is 4.84. The number of halogens is 1. The molecule has 3 saturated heterocycles. The maximum atomic E-state index is 12.2. The van der Waals surface area contributed by atoms with Crippen LogP contribution in [-0.2, 0) is 60.2 Å². The van der Waals surface area contributed by atoms with Crippen LogP contribution in [0.25, 0.3) is 0 Å². The molecule has 670 valence electrons. The van der Waals surface area contributed by atoms with Crippen molar-refractivity contribution in [1.82, 2.24) is 39.6 Å². The third-order valence-corrected chi connectivity index (χ3v) is 21.7. The third kappa shape index (κ3) is 58.7. The van der Waals surface area contributed by atoms with Crippen LogP contribution in [0.2, 0.25) is 0 Å². The highest BCUT2D eigenvalue weighted by molar-refractivity contribution is 7.90. The highest BCUT2D eigenvalue weighted by atomic mass is 32.2. The van der Waals surface area contributed by atoms with Crippen LogP contribution in [-0.4, -0.2) is 130 Å². The lowest BCUT2D eigenvalue weighted by atomic mass is 9.90. The number of aromatic nitrogens is 7. The molecule has 3 aliphatic heterocycles. The molecular weight excluding hydrogens is 1460 g/mol. The monoisotopic (exact) mass is 1640 g/mol. The molecule has 0 unspecified atom stereocenters. The van der Waals surface area contributed by atoms with E-state index in [-0.39, 0.29) is 19.4 Å². The van der Waals surface area contributed by atoms with Gasteiger partial charge in [-0.15, -0.1) is 15.3 Å². The molecule has 115 heavy (non-hydrogen) atoms. The van der Waals surface area contributed by atoms with Gasteiger partial charge in [0, 0.05) is 91.8 Å². The maximum Gasteiger partial charge on any atom is 0.219 e. The second-order valence-corrected chi connectivity index (χ2v) is 42.0. The number of ether oxygens (including phenoxy) is 3. The number of furan rings is 1. The predicted octanol–water partition coefficient (Wildman–Crippen LogP) is 25.1. The summed E-state index contributed by atoms with van der Waals surface area (Å²) in [5.74, 6) is 11.1. The number of oxazole rings is 1. The second kappa shape index (κ2) is 59.8. The van der Waals surface area contributed by atoms with E-state index in [0.717, 1.165) is 150 Å². The number of nitriles is 1. The fourth-order valence-electron chi connectivity index (χ4n) is 14.5. The SMILES string of the molecule is CC(=N)CC1(CC(C)C)CC1.CC(=O)N1CC[C@@H]1CC(C)C.CC(C)CC1(CC#N)CC1.CC(C)CC1(CF)CC1.CC(C)CC1(n2ccnn2)CC1.CC(C)CCS(C)(=O)=O.CC(C)C[C@@H]1CCCO1.CC(C)C[C@@H]1CCO1.CC(C)Cc1ccoc1.CC(C)Cc1ncco1.CCn1cnnc1CC(C)C.COCCC(C)C.[HH]. The van der Waals surface area contributed by atoms with Gasteiger partial charge in [0.2, 0.25) is 5.91 Å². The van der Waals surface area contributed by atoms with Crippen LogP contribution in [0.5, 0.6) is 0 Å². The standard InChI is InChI=1S/C10H19N.C9H15N3.C9H17NO.C9H15N.C8H15F.C8H15N3.C8H12O.C8H16O.C7H11NO.C7H14O.C6H14O2S.C6H14O.H2/c1-8(2)6-10(4-5-10)7-9(3)11;1-8(2)7-9(3-4-9)12-6-5-10-11-12;1-7(2)6-9-4-5-10(9)8(3)11;1-8(2)7-9(3-4-9)5-6-10;1-7(2)5-8(6-9)3-4-8;1-4-11-6-9-10-8(11)5-7(2)3;1-7(2)5-8-3-4-9-6-8;1-7(2)6-8-4-3-5-9-8;1-6(2)5-7-8-3-4-9-7;1-6(2)5-7-3-4-8-7;1-6(2)4-5-9(3,7)8;1-6(2)4-5-7-3;/h8,11H,4-7H2,1-3H3;5-6,8H,3-4,7H2,1-2H3;7,9H,4-6H2,1-3H3;8H,3-5,7H2,1-2H3;7H,3-6H2,1-2H3;6-7H,4-5H2,1-3H3;3-4,6-7H,5H2,1-2H3;7-8H,3-6H2,1-2H3;3-4,6H,5H2,1-2H3;6-7H,3-5H2,1-2H3;6H,4-5H2,1-3H3;6H,4-5H2,1-3H3;1H/t;;9-;;;;;8-;;7-;;;/m..1....0.0.../s1. The maximum absolute atomic E-state index is 12.2. The Morgan fingerprint density at radius 2 is 1.17 bits per heavy atom. The van der Waals surface area contributed by atoms with Gasteiger partial charge in [-0.05, 0) is 260 Å². The summed E-state index contributed by atoms with van der Waals surface area (Å²) < 4.78 is 62.9. The summed E-state index contributed by atoms with van der Waals surface area (Å²) >= 11 is 0. The molecule has 7 fully saturated rings. The first-order chi connectivity index (χ1) is 53.8. The number of alkyl halides is 1. The molecule has 4 saturated carbocycles. The molecule has 7 heterocycles. The number of rotatable bonds is 32. The fourth-order valence-corrected chi connectivity index (χ4v) is 15.4. The minimum atomic E-state index is -2.72. The van der Waals surface area contributed by atoms with Gasteiger partial charge in [0.15, 0.2) is 5.89 Å². The molecule has 1 N–H and O–H groups in total. The molecule has 4 aromatic heterocycles. The van der Waals surface area contributed by atoms with E-state index in [1.54, 1.807) is 51.5 Å². The van der Waals surface area contributed by atoms with E-state index in [0.29, 0.717) is 70.0 Å². The molecule has 0 bridgehead atoms. The topological polar surface area (TPSA) is 230 Å². The molecular formula is C95H179FN10O8S. The van der Waals surface area contributed by atoms with E-state index in [1.165, 1.54) is 121 Å². The summed E-state index contributed by atoms with van der Waals surface area (Å²) in [5.41, 5.74) is 3.68. The van der Waals surface area contributed by atoms with E-state index in [4.69, 9.17) is 33.7 Å². The average Bonchev–Trinajstić information content (AvgIpc) is 1.62. The Kier molecular flexibility index (Phi) is 57.3. The number of carbonyl (C=O) groups is 1. The van der Waals surface area contributed by atoms with Gasteiger partial charge in [-0.25, -0.2) is 18.1 Å². The number of aryl methyl sites for hydroxylation is 1. The number of amides is 1. The zero-order valence-electron chi connectivity index (χ0n) is 79.2. The minimum absolute atomic E-state index is 0. The molecule has 0 aromatic carbocycles. The van der Waals surface area contributed by atoms with Crippen molar-refractivity contribution >= 4 is 21.5 Å².